The van der Waals surface area contributed by atoms with Gasteiger partial charge in [-0.1, -0.05) is 5.11 Å². The van der Waals surface area contributed by atoms with Crippen LogP contribution in [0.25, 0.3) is 10.4 Å². The Balaban J connectivity index is 2.89. The zero-order valence-corrected chi connectivity index (χ0v) is 9.28. The molecule has 6 nitrogen and oxygen atoms in total. The highest BCUT2D eigenvalue weighted by atomic mass is 15.1. The monoisotopic (exact) mass is 214 g/mol. The van der Waals surface area contributed by atoms with Crippen molar-refractivity contribution in [2.75, 3.05) is 39.3 Å². The molecule has 0 amide bonds. The highest BCUT2D eigenvalue weighted by molar-refractivity contribution is 4.54. The van der Waals surface area contributed by atoms with Crippen LogP contribution in [0.3, 0.4) is 0 Å². The quantitative estimate of drug-likeness (QED) is 0.203. The fourth-order valence-corrected chi connectivity index (χ4v) is 1.13. The van der Waals surface area contributed by atoms with Gasteiger partial charge in [0.2, 0.25) is 0 Å². The average Bonchev–Trinajstić information content (AvgIpc) is 2.26. The van der Waals surface area contributed by atoms with Gasteiger partial charge < -0.3 is 16.4 Å². The SMILES string of the molecule is [N-]=[N+]=NCCCNCCCNCCCN. The molecule has 0 saturated carbocycles. The number of nitrogens with two attached hydrogens (primary N) is 1. The van der Waals surface area contributed by atoms with Gasteiger partial charge in [-0.3, -0.25) is 0 Å². The predicted octanol–water partition coefficient (Wildman–Crippen LogP) is 0.605. The minimum atomic E-state index is 0.582. The van der Waals surface area contributed by atoms with E-state index in [4.69, 9.17) is 11.3 Å². The van der Waals surface area contributed by atoms with Crippen molar-refractivity contribution in [3.63, 3.8) is 0 Å². The molecule has 0 aliphatic rings. The van der Waals surface area contributed by atoms with E-state index in [1.54, 1.807) is 0 Å². The number of hydrogen-bond donors (Lipinski definition) is 3. The van der Waals surface area contributed by atoms with E-state index in [1.807, 2.05) is 0 Å². The van der Waals surface area contributed by atoms with E-state index >= 15 is 0 Å². The number of rotatable bonds is 11. The van der Waals surface area contributed by atoms with Crippen molar-refractivity contribution in [3.8, 4) is 0 Å². The van der Waals surface area contributed by atoms with Gasteiger partial charge in [-0.25, -0.2) is 0 Å². The normalized spacial score (nSPS) is 9.93. The summed E-state index contributed by atoms with van der Waals surface area (Å²) in [6.45, 7) is 5.30. The van der Waals surface area contributed by atoms with Crippen molar-refractivity contribution in [2.45, 2.75) is 19.3 Å². The van der Waals surface area contributed by atoms with Crippen LogP contribution in [-0.2, 0) is 0 Å². The van der Waals surface area contributed by atoms with Crippen LogP contribution in [0.4, 0.5) is 0 Å². The second-order valence-electron chi connectivity index (χ2n) is 3.30. The fourth-order valence-electron chi connectivity index (χ4n) is 1.13. The van der Waals surface area contributed by atoms with Crippen LogP contribution in [0.1, 0.15) is 19.3 Å². The van der Waals surface area contributed by atoms with Crippen molar-refractivity contribution >= 4 is 0 Å². The van der Waals surface area contributed by atoms with E-state index < -0.39 is 0 Å². The molecule has 0 aromatic rings. The van der Waals surface area contributed by atoms with Gasteiger partial charge in [-0.05, 0) is 57.5 Å². The molecule has 0 aliphatic heterocycles. The largest absolute Gasteiger partial charge is 0.330 e. The summed E-state index contributed by atoms with van der Waals surface area (Å²) in [6, 6.07) is 0. The second-order valence-corrected chi connectivity index (χ2v) is 3.30. The Hall–Kier alpha value is -0.810. The molecule has 0 rings (SSSR count). The molecule has 0 radical (unpaired) electrons. The molecule has 0 spiro atoms. The molecule has 0 saturated heterocycles. The summed E-state index contributed by atoms with van der Waals surface area (Å²) in [5.74, 6) is 0. The van der Waals surface area contributed by atoms with Gasteiger partial charge in [0, 0.05) is 11.5 Å². The highest BCUT2D eigenvalue weighted by Crippen LogP contribution is 1.80. The van der Waals surface area contributed by atoms with E-state index in [0.29, 0.717) is 6.54 Å². The molecule has 0 aromatic heterocycles. The van der Waals surface area contributed by atoms with Crippen LogP contribution in [-0.4, -0.2) is 39.3 Å². The van der Waals surface area contributed by atoms with Gasteiger partial charge in [0.1, 0.15) is 0 Å². The van der Waals surface area contributed by atoms with Crippen LogP contribution >= 0.6 is 0 Å². The number of nitrogens with zero attached hydrogens (tertiary/aromatic N) is 3. The lowest BCUT2D eigenvalue weighted by Gasteiger charge is -2.04. The molecule has 0 heterocycles. The maximum atomic E-state index is 8.03. The first-order valence-corrected chi connectivity index (χ1v) is 5.54. The summed E-state index contributed by atoms with van der Waals surface area (Å²) in [5.41, 5.74) is 13.4. The standard InChI is InChI=1S/C9H22N6/c10-4-1-5-12-6-2-7-13-8-3-9-14-15-11/h12-13H,1-10H2. The van der Waals surface area contributed by atoms with Crippen molar-refractivity contribution in [3.05, 3.63) is 10.4 Å². The van der Waals surface area contributed by atoms with Crippen molar-refractivity contribution in [1.82, 2.24) is 10.6 Å². The van der Waals surface area contributed by atoms with Crippen LogP contribution in [0.5, 0.6) is 0 Å². The molecular formula is C9H22N6. The van der Waals surface area contributed by atoms with Crippen molar-refractivity contribution < 1.29 is 0 Å². The fraction of sp³-hybridized carbons (Fsp3) is 1.00. The topological polar surface area (TPSA) is 98.8 Å². The zero-order valence-electron chi connectivity index (χ0n) is 9.28. The molecule has 4 N–H and O–H groups in total. The molecule has 6 heteroatoms. The molecule has 0 fully saturated rings. The Morgan fingerprint density at radius 3 is 2.20 bits per heavy atom. The van der Waals surface area contributed by atoms with Gasteiger partial charge in [0.15, 0.2) is 0 Å². The first kappa shape index (κ1) is 14.2. The predicted molar refractivity (Wildman–Crippen MR) is 62.7 cm³/mol. The minimum Gasteiger partial charge on any atom is -0.330 e. The Kier molecular flexibility index (Phi) is 12.5. The Bertz CT molecular complexity index is 166. The Morgan fingerprint density at radius 2 is 1.60 bits per heavy atom. The lowest BCUT2D eigenvalue weighted by molar-refractivity contribution is 0.579. The Labute approximate surface area is 91.2 Å². The van der Waals surface area contributed by atoms with E-state index in [-0.39, 0.29) is 0 Å². The third-order valence-corrected chi connectivity index (χ3v) is 1.94. The number of azide groups is 1. The second kappa shape index (κ2) is 13.2. The summed E-state index contributed by atoms with van der Waals surface area (Å²) < 4.78 is 0. The van der Waals surface area contributed by atoms with Gasteiger partial charge >= 0.3 is 0 Å². The third kappa shape index (κ3) is 13.2. The van der Waals surface area contributed by atoms with Gasteiger partial charge in [0.25, 0.3) is 0 Å². The lowest BCUT2D eigenvalue weighted by Crippen LogP contribution is -2.24. The summed E-state index contributed by atoms with van der Waals surface area (Å²) >= 11 is 0. The average molecular weight is 214 g/mol. The zero-order chi connectivity index (χ0) is 11.2. The maximum absolute atomic E-state index is 8.03. The molecule has 0 bridgehead atoms. The van der Waals surface area contributed by atoms with E-state index in [9.17, 15) is 0 Å². The van der Waals surface area contributed by atoms with Crippen LogP contribution < -0.4 is 16.4 Å². The molecule has 0 atom stereocenters. The van der Waals surface area contributed by atoms with Gasteiger partial charge in [-0.15, -0.1) is 0 Å². The van der Waals surface area contributed by atoms with Crippen LogP contribution in [0.15, 0.2) is 5.11 Å². The van der Waals surface area contributed by atoms with Crippen LogP contribution in [0, 0.1) is 0 Å². The van der Waals surface area contributed by atoms with Crippen molar-refractivity contribution in [1.29, 1.82) is 0 Å². The Morgan fingerprint density at radius 1 is 1.00 bits per heavy atom. The van der Waals surface area contributed by atoms with E-state index in [2.05, 4.69) is 20.7 Å². The lowest BCUT2D eigenvalue weighted by atomic mass is 10.3. The molecular weight excluding hydrogens is 192 g/mol. The van der Waals surface area contributed by atoms with Gasteiger partial charge in [-0.2, -0.15) is 0 Å². The summed E-state index contributed by atoms with van der Waals surface area (Å²) in [5, 5.41) is 10.1. The number of hydrogen-bond acceptors (Lipinski definition) is 4. The van der Waals surface area contributed by atoms with Crippen molar-refractivity contribution in [2.24, 2.45) is 10.8 Å². The van der Waals surface area contributed by atoms with Gasteiger partial charge in [0.05, 0.1) is 0 Å². The highest BCUT2D eigenvalue weighted by Gasteiger charge is 1.89. The van der Waals surface area contributed by atoms with E-state index in [1.165, 1.54) is 0 Å². The maximum Gasteiger partial charge on any atom is 0.0269 e. The summed E-state index contributed by atoms with van der Waals surface area (Å²) in [6.07, 6.45) is 3.07. The summed E-state index contributed by atoms with van der Waals surface area (Å²) in [7, 11) is 0. The minimum absolute atomic E-state index is 0.582. The first-order chi connectivity index (χ1) is 7.41. The van der Waals surface area contributed by atoms with Crippen LogP contribution in [0.2, 0.25) is 0 Å². The molecule has 88 valence electrons. The molecule has 0 aromatic carbocycles. The molecule has 15 heavy (non-hydrogen) atoms. The number of nitrogens with one attached hydrogen (secondary N) is 2. The smallest absolute Gasteiger partial charge is 0.0269 e. The van der Waals surface area contributed by atoms with E-state index in [0.717, 1.165) is 52.0 Å². The third-order valence-electron chi connectivity index (χ3n) is 1.94. The molecule has 0 aliphatic carbocycles. The first-order valence-electron chi connectivity index (χ1n) is 5.54. The molecule has 0 unspecified atom stereocenters. The summed E-state index contributed by atoms with van der Waals surface area (Å²) in [4.78, 5) is 2.69.